The highest BCUT2D eigenvalue weighted by atomic mass is 14.4. The normalized spacial score (nSPS) is 53.8. The van der Waals surface area contributed by atoms with Crippen LogP contribution in [0.3, 0.4) is 0 Å². The molecule has 12 heavy (non-hydrogen) atoms. The third-order valence-corrected chi connectivity index (χ3v) is 4.59. The molecular formula is C12H22. The van der Waals surface area contributed by atoms with Crippen LogP contribution in [0.1, 0.15) is 46.5 Å². The van der Waals surface area contributed by atoms with Gasteiger partial charge < -0.3 is 0 Å². The monoisotopic (exact) mass is 166 g/mol. The Morgan fingerprint density at radius 3 is 2.17 bits per heavy atom. The van der Waals surface area contributed by atoms with E-state index in [0.29, 0.717) is 0 Å². The second-order valence-corrected chi connectivity index (χ2v) is 5.40. The van der Waals surface area contributed by atoms with Gasteiger partial charge in [-0.15, -0.1) is 0 Å². The van der Waals surface area contributed by atoms with E-state index >= 15 is 0 Å². The minimum atomic E-state index is 1.01. The summed E-state index contributed by atoms with van der Waals surface area (Å²) in [7, 11) is 0. The largest absolute Gasteiger partial charge is 0.0622 e. The zero-order valence-corrected chi connectivity index (χ0v) is 8.72. The first-order valence-corrected chi connectivity index (χ1v) is 5.68. The van der Waals surface area contributed by atoms with Crippen LogP contribution in [0.5, 0.6) is 0 Å². The van der Waals surface area contributed by atoms with Crippen molar-refractivity contribution in [3.05, 3.63) is 0 Å². The molecule has 0 nitrogen and oxygen atoms in total. The molecule has 0 heteroatoms. The van der Waals surface area contributed by atoms with E-state index in [9.17, 15) is 0 Å². The molecular weight excluding hydrogens is 144 g/mol. The van der Waals surface area contributed by atoms with Gasteiger partial charge in [-0.25, -0.2) is 0 Å². The third-order valence-electron chi connectivity index (χ3n) is 4.59. The maximum atomic E-state index is 2.47. The van der Waals surface area contributed by atoms with E-state index in [1.807, 2.05) is 0 Å². The van der Waals surface area contributed by atoms with Gasteiger partial charge in [0.25, 0.3) is 0 Å². The van der Waals surface area contributed by atoms with E-state index in [4.69, 9.17) is 0 Å². The Morgan fingerprint density at radius 2 is 1.42 bits per heavy atom. The average Bonchev–Trinajstić information content (AvgIpc) is 2.36. The van der Waals surface area contributed by atoms with Gasteiger partial charge in [-0.05, 0) is 42.4 Å². The summed E-state index contributed by atoms with van der Waals surface area (Å²) in [4.78, 5) is 0. The van der Waals surface area contributed by atoms with Crippen molar-refractivity contribution in [3.63, 3.8) is 0 Å². The van der Waals surface area contributed by atoms with E-state index in [-0.39, 0.29) is 0 Å². The summed E-state index contributed by atoms with van der Waals surface area (Å²) < 4.78 is 0. The highest BCUT2D eigenvalue weighted by Gasteiger charge is 2.39. The van der Waals surface area contributed by atoms with Gasteiger partial charge >= 0.3 is 0 Å². The van der Waals surface area contributed by atoms with Crippen molar-refractivity contribution in [2.75, 3.05) is 0 Å². The molecule has 5 atom stereocenters. The van der Waals surface area contributed by atoms with Gasteiger partial charge in [0, 0.05) is 0 Å². The van der Waals surface area contributed by atoms with Crippen molar-refractivity contribution in [3.8, 4) is 0 Å². The van der Waals surface area contributed by atoms with Crippen LogP contribution in [0.25, 0.3) is 0 Å². The highest BCUT2D eigenvalue weighted by molar-refractivity contribution is 4.89. The zero-order chi connectivity index (χ0) is 8.72. The molecule has 0 amide bonds. The first-order valence-electron chi connectivity index (χ1n) is 5.68. The van der Waals surface area contributed by atoms with Gasteiger partial charge in [0.2, 0.25) is 0 Å². The lowest BCUT2D eigenvalue weighted by atomic mass is 9.82. The Balaban J connectivity index is 2.13. The number of fused-ring (bicyclic) bond motifs is 2. The minimum Gasteiger partial charge on any atom is -0.0622 e. The predicted octanol–water partition coefficient (Wildman–Crippen LogP) is 3.71. The molecule has 2 fully saturated rings. The Labute approximate surface area is 76.7 Å². The summed E-state index contributed by atoms with van der Waals surface area (Å²) >= 11 is 0. The van der Waals surface area contributed by atoms with Crippen LogP contribution in [0.15, 0.2) is 0 Å². The summed E-state index contributed by atoms with van der Waals surface area (Å²) in [6, 6.07) is 0. The van der Waals surface area contributed by atoms with E-state index in [1.54, 1.807) is 6.42 Å². The van der Waals surface area contributed by atoms with Crippen LogP contribution < -0.4 is 0 Å². The molecule has 0 saturated heterocycles. The second kappa shape index (κ2) is 3.05. The number of hydrogen-bond donors (Lipinski definition) is 0. The Bertz CT molecular complexity index is 161. The van der Waals surface area contributed by atoms with Crippen LogP contribution in [0.2, 0.25) is 0 Å². The smallest absolute Gasteiger partial charge is 0.0360 e. The van der Waals surface area contributed by atoms with Gasteiger partial charge in [-0.1, -0.05) is 33.6 Å². The molecule has 0 N–H and O–H groups in total. The van der Waals surface area contributed by atoms with Gasteiger partial charge in [0.05, 0.1) is 0 Å². The molecule has 5 unspecified atom stereocenters. The first-order chi connectivity index (χ1) is 5.68. The van der Waals surface area contributed by atoms with E-state index < -0.39 is 0 Å². The van der Waals surface area contributed by atoms with Gasteiger partial charge in [-0.2, -0.15) is 0 Å². The van der Waals surface area contributed by atoms with Crippen molar-refractivity contribution in [2.45, 2.75) is 46.5 Å². The van der Waals surface area contributed by atoms with Crippen LogP contribution in [-0.2, 0) is 0 Å². The molecule has 0 radical (unpaired) electrons. The molecule has 70 valence electrons. The van der Waals surface area contributed by atoms with Crippen LogP contribution >= 0.6 is 0 Å². The summed E-state index contributed by atoms with van der Waals surface area (Å²) in [5.74, 6) is 5.19. The van der Waals surface area contributed by atoms with Crippen LogP contribution in [-0.4, -0.2) is 0 Å². The second-order valence-electron chi connectivity index (χ2n) is 5.40. The lowest BCUT2D eigenvalue weighted by Gasteiger charge is -2.24. The summed E-state index contributed by atoms with van der Waals surface area (Å²) in [6.45, 7) is 7.42. The van der Waals surface area contributed by atoms with Crippen molar-refractivity contribution in [1.29, 1.82) is 0 Å². The molecule has 0 aromatic carbocycles. The number of hydrogen-bond acceptors (Lipinski definition) is 0. The molecule has 0 spiro atoms. The summed E-state index contributed by atoms with van der Waals surface area (Å²) in [5, 5.41) is 0. The van der Waals surface area contributed by atoms with Gasteiger partial charge in [-0.3, -0.25) is 0 Å². The fraction of sp³-hybridized carbons (Fsp3) is 1.00. The lowest BCUT2D eigenvalue weighted by molar-refractivity contribution is 0.265. The fourth-order valence-corrected chi connectivity index (χ4v) is 3.56. The maximum Gasteiger partial charge on any atom is -0.0360 e. The van der Waals surface area contributed by atoms with Crippen LogP contribution in [0.4, 0.5) is 0 Å². The van der Waals surface area contributed by atoms with Crippen LogP contribution in [0, 0.1) is 29.6 Å². The summed E-state index contributed by atoms with van der Waals surface area (Å²) in [6.07, 6.45) is 6.06. The van der Waals surface area contributed by atoms with E-state index in [0.717, 1.165) is 29.6 Å². The molecule has 0 aliphatic heterocycles. The number of rotatable bonds is 0. The quantitative estimate of drug-likeness (QED) is 0.514. The molecule has 2 aliphatic carbocycles. The predicted molar refractivity (Wildman–Crippen MR) is 52.9 cm³/mol. The Morgan fingerprint density at radius 1 is 0.750 bits per heavy atom. The molecule has 2 saturated carbocycles. The fourth-order valence-electron chi connectivity index (χ4n) is 3.56. The van der Waals surface area contributed by atoms with Crippen molar-refractivity contribution in [1.82, 2.24) is 0 Å². The SMILES string of the molecule is CC1CCC(C)C2CC1CC2C. The molecule has 0 heterocycles. The zero-order valence-electron chi connectivity index (χ0n) is 8.72. The molecule has 2 bridgehead atoms. The van der Waals surface area contributed by atoms with Gasteiger partial charge in [0.1, 0.15) is 0 Å². The van der Waals surface area contributed by atoms with E-state index in [1.165, 1.54) is 19.3 Å². The van der Waals surface area contributed by atoms with E-state index in [2.05, 4.69) is 20.8 Å². The average molecular weight is 166 g/mol. The Kier molecular flexibility index (Phi) is 2.18. The standard InChI is InChI=1S/C12H22/c1-8-4-5-9(2)12-7-11(8)6-10(12)3/h8-12H,4-7H2,1-3H3. The molecule has 0 aromatic heterocycles. The topological polar surface area (TPSA) is 0 Å². The summed E-state index contributed by atoms with van der Waals surface area (Å²) in [5.41, 5.74) is 0. The highest BCUT2D eigenvalue weighted by Crippen LogP contribution is 2.48. The molecule has 0 aromatic rings. The molecule has 2 rings (SSSR count). The first kappa shape index (κ1) is 8.59. The van der Waals surface area contributed by atoms with Crippen molar-refractivity contribution >= 4 is 0 Å². The third kappa shape index (κ3) is 1.30. The minimum absolute atomic E-state index is 1.01. The molecule has 2 aliphatic rings. The lowest BCUT2D eigenvalue weighted by Crippen LogP contribution is -2.14. The van der Waals surface area contributed by atoms with Gasteiger partial charge in [0.15, 0.2) is 0 Å². The van der Waals surface area contributed by atoms with Crippen molar-refractivity contribution in [2.24, 2.45) is 29.6 Å². The van der Waals surface area contributed by atoms with Crippen molar-refractivity contribution < 1.29 is 0 Å². The maximum absolute atomic E-state index is 2.47. The Hall–Kier alpha value is 0.